The molecular formula is C17H19ClN2O2S. The molecule has 2 aromatic rings. The number of benzene rings is 2. The molecule has 0 aliphatic heterocycles. The highest BCUT2D eigenvalue weighted by Gasteiger charge is 2.06. The Bertz CT molecular complexity index is 707. The third-order valence-electron chi connectivity index (χ3n) is 3.35. The lowest BCUT2D eigenvalue weighted by atomic mass is 10.2. The lowest BCUT2D eigenvalue weighted by molar-refractivity contribution is 0.354. The minimum absolute atomic E-state index is 0.533. The zero-order valence-electron chi connectivity index (χ0n) is 13.3. The molecule has 0 aromatic heterocycles. The highest BCUT2D eigenvalue weighted by atomic mass is 35.5. The molecule has 0 heterocycles. The number of halogens is 1. The third kappa shape index (κ3) is 4.74. The smallest absolute Gasteiger partial charge is 0.171 e. The van der Waals surface area contributed by atoms with Crippen LogP contribution in [0, 0.1) is 6.92 Å². The van der Waals surface area contributed by atoms with Gasteiger partial charge in [-0.3, -0.25) is 0 Å². The van der Waals surface area contributed by atoms with Crippen LogP contribution in [0.5, 0.6) is 11.5 Å². The fraction of sp³-hybridized carbons (Fsp3) is 0.235. The van der Waals surface area contributed by atoms with Crippen molar-refractivity contribution in [1.29, 1.82) is 0 Å². The molecule has 23 heavy (non-hydrogen) atoms. The number of nitrogens with one attached hydrogen (secondary N) is 2. The van der Waals surface area contributed by atoms with Gasteiger partial charge >= 0.3 is 0 Å². The molecule has 0 bridgehead atoms. The molecule has 0 saturated heterocycles. The van der Waals surface area contributed by atoms with Crippen LogP contribution in [0.3, 0.4) is 0 Å². The van der Waals surface area contributed by atoms with Gasteiger partial charge in [0.05, 0.1) is 14.2 Å². The van der Waals surface area contributed by atoms with Gasteiger partial charge in [-0.25, -0.2) is 0 Å². The molecular weight excluding hydrogens is 332 g/mol. The number of thiocarbonyl (C=S) groups is 1. The minimum atomic E-state index is 0.533. The topological polar surface area (TPSA) is 42.5 Å². The molecule has 122 valence electrons. The number of methoxy groups -OCH3 is 2. The summed E-state index contributed by atoms with van der Waals surface area (Å²) in [5, 5.41) is 7.52. The lowest BCUT2D eigenvalue weighted by Crippen LogP contribution is -2.28. The van der Waals surface area contributed by atoms with Gasteiger partial charge in [-0.15, -0.1) is 0 Å². The maximum absolute atomic E-state index is 6.01. The van der Waals surface area contributed by atoms with Crippen molar-refractivity contribution in [3.05, 3.63) is 52.5 Å². The summed E-state index contributed by atoms with van der Waals surface area (Å²) in [6.45, 7) is 2.57. The quantitative estimate of drug-likeness (QED) is 0.793. The van der Waals surface area contributed by atoms with E-state index in [0.29, 0.717) is 28.2 Å². The van der Waals surface area contributed by atoms with Gasteiger partial charge in [-0.2, -0.15) is 0 Å². The number of hydrogen-bond donors (Lipinski definition) is 2. The lowest BCUT2D eigenvalue weighted by Gasteiger charge is -2.14. The zero-order chi connectivity index (χ0) is 16.8. The van der Waals surface area contributed by atoms with Gasteiger partial charge in [-0.1, -0.05) is 23.7 Å². The maximum atomic E-state index is 6.01. The summed E-state index contributed by atoms with van der Waals surface area (Å²) < 4.78 is 10.5. The number of hydrogen-bond acceptors (Lipinski definition) is 3. The third-order valence-corrected chi connectivity index (χ3v) is 3.83. The van der Waals surface area contributed by atoms with Crippen molar-refractivity contribution < 1.29 is 9.47 Å². The van der Waals surface area contributed by atoms with Gasteiger partial charge in [0, 0.05) is 17.3 Å². The first-order valence-electron chi connectivity index (χ1n) is 7.05. The van der Waals surface area contributed by atoms with E-state index in [0.717, 1.165) is 16.8 Å². The molecule has 0 aliphatic rings. The Balaban J connectivity index is 1.98. The van der Waals surface area contributed by atoms with Crippen LogP contribution >= 0.6 is 23.8 Å². The highest BCUT2D eigenvalue weighted by Crippen LogP contribution is 2.27. The minimum Gasteiger partial charge on any atom is -0.493 e. The number of ether oxygens (including phenoxy) is 2. The van der Waals surface area contributed by atoms with Crippen LogP contribution in [0.25, 0.3) is 0 Å². The Labute approximate surface area is 146 Å². The highest BCUT2D eigenvalue weighted by molar-refractivity contribution is 7.80. The number of aryl methyl sites for hydroxylation is 1. The fourth-order valence-electron chi connectivity index (χ4n) is 2.07. The first-order chi connectivity index (χ1) is 11.0. The van der Waals surface area contributed by atoms with Crippen molar-refractivity contribution in [1.82, 2.24) is 5.32 Å². The molecule has 2 N–H and O–H groups in total. The predicted molar refractivity (Wildman–Crippen MR) is 98.8 cm³/mol. The first-order valence-corrected chi connectivity index (χ1v) is 7.84. The van der Waals surface area contributed by atoms with E-state index in [2.05, 4.69) is 10.6 Å². The molecule has 2 aromatic carbocycles. The molecule has 0 amide bonds. The van der Waals surface area contributed by atoms with Crippen LogP contribution in [0.15, 0.2) is 36.4 Å². The summed E-state index contributed by atoms with van der Waals surface area (Å²) in [6, 6.07) is 11.4. The molecule has 2 rings (SSSR count). The molecule has 4 nitrogen and oxygen atoms in total. The molecule has 0 unspecified atom stereocenters. The van der Waals surface area contributed by atoms with E-state index >= 15 is 0 Å². The normalized spacial score (nSPS) is 10.1. The Morgan fingerprint density at radius 1 is 1.09 bits per heavy atom. The largest absolute Gasteiger partial charge is 0.493 e. The Hall–Kier alpha value is -1.98. The van der Waals surface area contributed by atoms with Crippen LogP contribution in [-0.2, 0) is 6.54 Å². The molecule has 0 atom stereocenters. The monoisotopic (exact) mass is 350 g/mol. The van der Waals surface area contributed by atoms with Crippen molar-refractivity contribution in [3.63, 3.8) is 0 Å². The number of anilines is 1. The second-order valence-corrected chi connectivity index (χ2v) is 5.80. The summed E-state index contributed by atoms with van der Waals surface area (Å²) >= 11 is 11.3. The summed E-state index contributed by atoms with van der Waals surface area (Å²) in [5.41, 5.74) is 3.00. The van der Waals surface area contributed by atoms with Crippen LogP contribution in [0.4, 0.5) is 5.69 Å². The second-order valence-electron chi connectivity index (χ2n) is 4.96. The van der Waals surface area contributed by atoms with Gasteiger partial charge in [0.1, 0.15) is 0 Å². The van der Waals surface area contributed by atoms with Crippen molar-refractivity contribution in [2.75, 3.05) is 19.5 Å². The average molecular weight is 351 g/mol. The van der Waals surface area contributed by atoms with Crippen LogP contribution in [0.1, 0.15) is 11.1 Å². The summed E-state index contributed by atoms with van der Waals surface area (Å²) in [7, 11) is 3.23. The van der Waals surface area contributed by atoms with Gasteiger partial charge in [0.2, 0.25) is 0 Å². The summed E-state index contributed by atoms with van der Waals surface area (Å²) in [4.78, 5) is 0. The van der Waals surface area contributed by atoms with Crippen molar-refractivity contribution >= 4 is 34.6 Å². The van der Waals surface area contributed by atoms with E-state index < -0.39 is 0 Å². The van der Waals surface area contributed by atoms with Gasteiger partial charge < -0.3 is 20.1 Å². The standard InChI is InChI=1S/C17H19ClN2O2S/c1-11-4-6-13(18)9-14(11)20-17(23)19-10-12-5-7-15(21-2)16(8-12)22-3/h4-9H,10H2,1-3H3,(H2,19,20,23). The van der Waals surface area contributed by atoms with Crippen molar-refractivity contribution in [3.8, 4) is 11.5 Å². The van der Waals surface area contributed by atoms with E-state index in [1.54, 1.807) is 14.2 Å². The molecule has 0 aliphatic carbocycles. The maximum Gasteiger partial charge on any atom is 0.171 e. The predicted octanol–water partition coefficient (Wildman–Crippen LogP) is 4.15. The van der Waals surface area contributed by atoms with Crippen molar-refractivity contribution in [2.45, 2.75) is 13.5 Å². The van der Waals surface area contributed by atoms with E-state index in [1.165, 1.54) is 0 Å². The summed E-state index contributed by atoms with van der Waals surface area (Å²) in [6.07, 6.45) is 0. The Kier molecular flexibility index (Phi) is 6.07. The number of rotatable bonds is 5. The van der Waals surface area contributed by atoms with Crippen LogP contribution in [0.2, 0.25) is 5.02 Å². The Morgan fingerprint density at radius 2 is 1.83 bits per heavy atom. The first kappa shape index (κ1) is 17.4. The van der Waals surface area contributed by atoms with Crippen LogP contribution < -0.4 is 20.1 Å². The molecule has 0 fully saturated rings. The van der Waals surface area contributed by atoms with E-state index in [4.69, 9.17) is 33.3 Å². The molecule has 0 spiro atoms. The second kappa shape index (κ2) is 8.04. The van der Waals surface area contributed by atoms with Gasteiger partial charge in [-0.05, 0) is 54.5 Å². The van der Waals surface area contributed by atoms with Crippen LogP contribution in [-0.4, -0.2) is 19.3 Å². The Morgan fingerprint density at radius 3 is 2.52 bits per heavy atom. The van der Waals surface area contributed by atoms with E-state index in [1.807, 2.05) is 43.3 Å². The summed E-state index contributed by atoms with van der Waals surface area (Å²) in [5.74, 6) is 1.39. The van der Waals surface area contributed by atoms with E-state index in [-0.39, 0.29) is 0 Å². The zero-order valence-corrected chi connectivity index (χ0v) is 14.8. The van der Waals surface area contributed by atoms with E-state index in [9.17, 15) is 0 Å². The van der Waals surface area contributed by atoms with Gasteiger partial charge in [0.15, 0.2) is 16.6 Å². The fourth-order valence-corrected chi connectivity index (χ4v) is 2.42. The molecule has 0 saturated carbocycles. The molecule has 0 radical (unpaired) electrons. The SMILES string of the molecule is COc1ccc(CNC(=S)Nc2cc(Cl)ccc2C)cc1OC. The van der Waals surface area contributed by atoms with Gasteiger partial charge in [0.25, 0.3) is 0 Å². The average Bonchev–Trinajstić information content (AvgIpc) is 2.56. The van der Waals surface area contributed by atoms with Crippen molar-refractivity contribution in [2.24, 2.45) is 0 Å². The molecule has 6 heteroatoms.